The summed E-state index contributed by atoms with van der Waals surface area (Å²) < 4.78 is 12.1. The maximum atomic E-state index is 12.3. The number of anilines is 1. The van der Waals surface area contributed by atoms with Crippen LogP contribution in [0.3, 0.4) is 0 Å². The van der Waals surface area contributed by atoms with Gasteiger partial charge in [0.25, 0.3) is 0 Å². The molecule has 0 aromatic carbocycles. The molecule has 2 amide bonds. The topological polar surface area (TPSA) is 143 Å². The van der Waals surface area contributed by atoms with Gasteiger partial charge in [-0.2, -0.15) is 5.26 Å². The zero-order valence-electron chi connectivity index (χ0n) is 21.4. The van der Waals surface area contributed by atoms with Crippen LogP contribution in [0.1, 0.15) is 40.5 Å². The average molecular weight is 500 g/mol. The number of nitriles is 1. The number of nitrogens with one attached hydrogen (secondary N) is 1. The van der Waals surface area contributed by atoms with Crippen LogP contribution in [0.15, 0.2) is 18.6 Å². The first-order valence-electron chi connectivity index (χ1n) is 11.8. The molecule has 1 N–H and O–H groups in total. The van der Waals surface area contributed by atoms with Crippen LogP contribution >= 0.6 is 0 Å². The van der Waals surface area contributed by atoms with Gasteiger partial charge < -0.3 is 24.6 Å². The normalized spacial score (nSPS) is 17.8. The fraction of sp³-hybridized carbons (Fsp3) is 0.583. The van der Waals surface area contributed by atoms with Crippen molar-refractivity contribution in [2.45, 2.75) is 58.9 Å². The SMILES string of the molecule is C[C@@H]1CCN(C(=O)CC#N)C[C@@H]1N(C)c1ncnc2c1ccn2COC(=O)CNC(=O)OC(C)(C)C. The zero-order valence-corrected chi connectivity index (χ0v) is 21.4. The van der Waals surface area contributed by atoms with Gasteiger partial charge in [-0.05, 0) is 39.2 Å². The number of amides is 2. The van der Waals surface area contributed by atoms with Crippen LogP contribution in [0.5, 0.6) is 0 Å². The molecule has 2 aromatic heterocycles. The second-order valence-electron chi connectivity index (χ2n) is 9.84. The van der Waals surface area contributed by atoms with Crippen LogP contribution in [-0.4, -0.2) is 75.7 Å². The number of fused-ring (bicyclic) bond motifs is 1. The van der Waals surface area contributed by atoms with Crippen molar-refractivity contribution in [3.63, 3.8) is 0 Å². The molecule has 0 unspecified atom stereocenters. The molecule has 36 heavy (non-hydrogen) atoms. The Morgan fingerprint density at radius 2 is 2.06 bits per heavy atom. The molecule has 194 valence electrons. The lowest BCUT2D eigenvalue weighted by molar-refractivity contribution is -0.146. The summed E-state index contributed by atoms with van der Waals surface area (Å²) in [5.41, 5.74) is -0.0803. The van der Waals surface area contributed by atoms with Crippen molar-refractivity contribution >= 4 is 34.8 Å². The fourth-order valence-corrected chi connectivity index (χ4v) is 4.14. The van der Waals surface area contributed by atoms with E-state index in [0.717, 1.165) is 11.8 Å². The van der Waals surface area contributed by atoms with E-state index in [1.54, 1.807) is 36.4 Å². The summed E-state index contributed by atoms with van der Waals surface area (Å²) in [5, 5.41) is 12.0. The molecule has 2 aromatic rings. The van der Waals surface area contributed by atoms with Gasteiger partial charge in [0.05, 0.1) is 17.5 Å². The Morgan fingerprint density at radius 1 is 1.31 bits per heavy atom. The molecule has 0 saturated carbocycles. The highest BCUT2D eigenvalue weighted by Crippen LogP contribution is 2.29. The molecule has 0 spiro atoms. The minimum Gasteiger partial charge on any atom is -0.444 e. The molecular formula is C24H33N7O5. The molecule has 2 atom stereocenters. The molecule has 12 nitrogen and oxygen atoms in total. The van der Waals surface area contributed by atoms with Gasteiger partial charge >= 0.3 is 12.1 Å². The number of aromatic nitrogens is 3. The number of likely N-dealkylation sites (tertiary alicyclic amines) is 1. The largest absolute Gasteiger partial charge is 0.444 e. The van der Waals surface area contributed by atoms with E-state index in [1.807, 2.05) is 24.1 Å². The lowest BCUT2D eigenvalue weighted by atomic mass is 9.92. The second-order valence-corrected chi connectivity index (χ2v) is 9.84. The van der Waals surface area contributed by atoms with Crippen LogP contribution in [0.25, 0.3) is 11.0 Å². The van der Waals surface area contributed by atoms with Gasteiger partial charge in [0.15, 0.2) is 6.73 Å². The molecule has 3 heterocycles. The Morgan fingerprint density at radius 3 is 2.75 bits per heavy atom. The summed E-state index contributed by atoms with van der Waals surface area (Å²) in [4.78, 5) is 48.7. The van der Waals surface area contributed by atoms with Gasteiger partial charge in [0.2, 0.25) is 5.91 Å². The maximum Gasteiger partial charge on any atom is 0.408 e. The van der Waals surface area contributed by atoms with E-state index in [9.17, 15) is 14.4 Å². The van der Waals surface area contributed by atoms with E-state index in [2.05, 4.69) is 22.2 Å². The quantitative estimate of drug-likeness (QED) is 0.566. The molecule has 0 radical (unpaired) electrons. The summed E-state index contributed by atoms with van der Waals surface area (Å²) in [6.07, 6.45) is 3.20. The minimum absolute atomic E-state index is 0.0135. The van der Waals surface area contributed by atoms with Crippen LogP contribution in [0.4, 0.5) is 10.6 Å². The first-order valence-corrected chi connectivity index (χ1v) is 11.8. The first kappa shape index (κ1) is 26.7. The predicted octanol–water partition coefficient (Wildman–Crippen LogP) is 2.04. The highest BCUT2D eigenvalue weighted by atomic mass is 16.6. The third-order valence-electron chi connectivity index (χ3n) is 6.01. The zero-order chi connectivity index (χ0) is 26.5. The number of hydrogen-bond donors (Lipinski definition) is 1. The molecule has 12 heteroatoms. The van der Waals surface area contributed by atoms with Gasteiger partial charge in [-0.1, -0.05) is 6.92 Å². The van der Waals surface area contributed by atoms with Crippen LogP contribution in [-0.2, 0) is 25.8 Å². The van der Waals surface area contributed by atoms with Crippen LogP contribution < -0.4 is 10.2 Å². The average Bonchev–Trinajstić information content (AvgIpc) is 3.23. The first-order chi connectivity index (χ1) is 17.0. The smallest absolute Gasteiger partial charge is 0.408 e. The molecular weight excluding hydrogens is 466 g/mol. The number of alkyl carbamates (subject to hydrolysis) is 1. The van der Waals surface area contributed by atoms with E-state index >= 15 is 0 Å². The van der Waals surface area contributed by atoms with Crippen molar-refractivity contribution < 1.29 is 23.9 Å². The maximum absolute atomic E-state index is 12.3. The van der Waals surface area contributed by atoms with E-state index < -0.39 is 17.7 Å². The number of likely N-dealkylation sites (N-methyl/N-ethyl adjacent to an activating group) is 1. The van der Waals surface area contributed by atoms with E-state index in [0.29, 0.717) is 30.5 Å². The summed E-state index contributed by atoms with van der Waals surface area (Å²) >= 11 is 0. The molecule has 1 aliphatic rings. The van der Waals surface area contributed by atoms with Crippen molar-refractivity contribution in [3.8, 4) is 6.07 Å². The van der Waals surface area contributed by atoms with E-state index in [-0.39, 0.29) is 31.6 Å². The van der Waals surface area contributed by atoms with Gasteiger partial charge in [-0.25, -0.2) is 14.8 Å². The summed E-state index contributed by atoms with van der Waals surface area (Å²) in [5.74, 6) is 0.229. The van der Waals surface area contributed by atoms with E-state index in [4.69, 9.17) is 14.7 Å². The minimum atomic E-state index is -0.698. The third kappa shape index (κ3) is 6.62. The Balaban J connectivity index is 1.66. The highest BCUT2D eigenvalue weighted by Gasteiger charge is 2.32. The van der Waals surface area contributed by atoms with Crippen molar-refractivity contribution in [3.05, 3.63) is 18.6 Å². The summed E-state index contributed by atoms with van der Waals surface area (Å²) in [7, 11) is 1.93. The lowest BCUT2D eigenvalue weighted by Gasteiger charge is -2.42. The van der Waals surface area contributed by atoms with Gasteiger partial charge in [-0.15, -0.1) is 0 Å². The summed E-state index contributed by atoms with van der Waals surface area (Å²) in [6.45, 7) is 8.06. The predicted molar refractivity (Wildman–Crippen MR) is 131 cm³/mol. The molecule has 0 bridgehead atoms. The number of piperidine rings is 1. The highest BCUT2D eigenvalue weighted by molar-refractivity contribution is 5.88. The molecule has 1 saturated heterocycles. The molecule has 1 fully saturated rings. The molecule has 1 aliphatic heterocycles. The number of esters is 1. The standard InChI is InChI=1S/C24H33N7O5/c1-16-7-10-30(19(32)6-9-25)13-18(16)29(5)21-17-8-11-31(22(17)28-14-27-21)15-35-20(33)12-26-23(34)36-24(2,3)4/h8,11,14,16,18H,6-7,10,12-13,15H2,1-5H3,(H,26,34)/t16-,18+/m1/s1. The van der Waals surface area contributed by atoms with Crippen molar-refractivity contribution in [1.29, 1.82) is 5.26 Å². The number of rotatable bonds is 7. The Hall–Kier alpha value is -3.88. The second kappa shape index (κ2) is 11.2. The number of nitrogens with zero attached hydrogens (tertiary/aromatic N) is 6. The van der Waals surface area contributed by atoms with Gasteiger partial charge in [0.1, 0.15) is 36.4 Å². The van der Waals surface area contributed by atoms with Crippen molar-refractivity contribution in [1.82, 2.24) is 24.8 Å². The Kier molecular flexibility index (Phi) is 8.34. The lowest BCUT2D eigenvalue weighted by Crippen LogP contribution is -2.52. The number of carbonyl (C=O) groups is 3. The van der Waals surface area contributed by atoms with Gasteiger partial charge in [0, 0.05) is 26.3 Å². The monoisotopic (exact) mass is 499 g/mol. The number of hydrogen-bond acceptors (Lipinski definition) is 9. The third-order valence-corrected chi connectivity index (χ3v) is 6.01. The van der Waals surface area contributed by atoms with Crippen molar-refractivity contribution in [2.24, 2.45) is 5.92 Å². The molecule has 0 aliphatic carbocycles. The Bertz CT molecular complexity index is 1150. The Labute approximate surface area is 210 Å². The number of carbonyl (C=O) groups excluding carboxylic acids is 3. The summed E-state index contributed by atoms with van der Waals surface area (Å²) in [6, 6.07) is 3.79. The van der Waals surface area contributed by atoms with E-state index in [1.165, 1.54) is 6.33 Å². The van der Waals surface area contributed by atoms with Gasteiger partial charge in [-0.3, -0.25) is 14.2 Å². The fourth-order valence-electron chi connectivity index (χ4n) is 4.14. The van der Waals surface area contributed by atoms with Crippen LogP contribution in [0.2, 0.25) is 0 Å². The number of ether oxygens (including phenoxy) is 2. The van der Waals surface area contributed by atoms with Crippen molar-refractivity contribution in [2.75, 3.05) is 31.6 Å². The van der Waals surface area contributed by atoms with Crippen LogP contribution in [0, 0.1) is 17.2 Å². The molecule has 3 rings (SSSR count).